The smallest absolute Gasteiger partial charge is 0.338 e. The van der Waals surface area contributed by atoms with Gasteiger partial charge < -0.3 is 5.11 Å². The van der Waals surface area contributed by atoms with Crippen LogP contribution < -0.4 is 0 Å². The third-order valence-electron chi connectivity index (χ3n) is 2.55. The zero-order valence-electron chi connectivity index (χ0n) is 10.8. The minimum Gasteiger partial charge on any atom is -0.478 e. The third kappa shape index (κ3) is 3.35. The zero-order valence-corrected chi connectivity index (χ0v) is 11.7. The molecule has 0 bridgehead atoms. The Morgan fingerprint density at radius 2 is 2.15 bits per heavy atom. The lowest BCUT2D eigenvalue weighted by Gasteiger charge is -2.19. The Morgan fingerprint density at radius 3 is 2.65 bits per heavy atom. The van der Waals surface area contributed by atoms with Crippen LogP contribution in [0.1, 0.15) is 23.7 Å². The van der Waals surface area contributed by atoms with Gasteiger partial charge in [-0.2, -0.15) is 4.31 Å². The van der Waals surface area contributed by atoms with Gasteiger partial charge in [-0.3, -0.25) is 0 Å². The number of halogens is 1. The van der Waals surface area contributed by atoms with Crippen LogP contribution in [0.4, 0.5) is 4.39 Å². The van der Waals surface area contributed by atoms with Crippen molar-refractivity contribution in [2.45, 2.75) is 18.2 Å². The fourth-order valence-electron chi connectivity index (χ4n) is 1.61. The molecule has 108 valence electrons. The molecular formula is C13H14FNO4S. The Bertz CT molecular complexity index is 649. The average Bonchev–Trinajstić information content (AvgIpc) is 2.38. The van der Waals surface area contributed by atoms with E-state index in [0.29, 0.717) is 6.42 Å². The van der Waals surface area contributed by atoms with Gasteiger partial charge in [-0.05, 0) is 24.6 Å². The summed E-state index contributed by atoms with van der Waals surface area (Å²) < 4.78 is 39.0. The number of rotatable bonds is 6. The van der Waals surface area contributed by atoms with E-state index in [2.05, 4.69) is 5.92 Å². The summed E-state index contributed by atoms with van der Waals surface area (Å²) in [4.78, 5) is 10.5. The van der Waals surface area contributed by atoms with Crippen LogP contribution in [0.5, 0.6) is 0 Å². The van der Waals surface area contributed by atoms with Crippen molar-refractivity contribution in [3.63, 3.8) is 0 Å². The zero-order chi connectivity index (χ0) is 15.3. The van der Waals surface area contributed by atoms with Gasteiger partial charge in [0.05, 0.1) is 17.0 Å². The first kappa shape index (κ1) is 16.1. The normalized spacial score (nSPS) is 11.3. The number of terminal acetylenes is 1. The predicted molar refractivity (Wildman–Crippen MR) is 71.2 cm³/mol. The fourth-order valence-corrected chi connectivity index (χ4v) is 3.09. The highest BCUT2D eigenvalue weighted by atomic mass is 32.2. The first-order valence-corrected chi connectivity index (χ1v) is 7.25. The van der Waals surface area contributed by atoms with E-state index in [1.807, 2.05) is 0 Å². The molecule has 0 saturated heterocycles. The van der Waals surface area contributed by atoms with Gasteiger partial charge in [0.15, 0.2) is 0 Å². The van der Waals surface area contributed by atoms with E-state index >= 15 is 0 Å². The monoisotopic (exact) mass is 299 g/mol. The van der Waals surface area contributed by atoms with Gasteiger partial charge in [0, 0.05) is 6.54 Å². The van der Waals surface area contributed by atoms with Crippen molar-refractivity contribution in [3.05, 3.63) is 29.6 Å². The summed E-state index contributed by atoms with van der Waals surface area (Å²) >= 11 is 0. The lowest BCUT2D eigenvalue weighted by Crippen LogP contribution is -2.32. The number of aromatic carboxylic acids is 1. The first-order chi connectivity index (χ1) is 9.34. The summed E-state index contributed by atoms with van der Waals surface area (Å²) in [6.45, 7) is 1.86. The van der Waals surface area contributed by atoms with E-state index in [-0.39, 0.29) is 18.0 Å². The molecule has 1 aromatic carbocycles. The van der Waals surface area contributed by atoms with E-state index in [1.54, 1.807) is 6.92 Å². The minimum absolute atomic E-state index is 0.129. The quantitative estimate of drug-likeness (QED) is 0.809. The molecule has 5 nitrogen and oxygen atoms in total. The van der Waals surface area contributed by atoms with Gasteiger partial charge >= 0.3 is 5.97 Å². The maximum Gasteiger partial charge on any atom is 0.338 e. The molecule has 0 aromatic heterocycles. The van der Waals surface area contributed by atoms with Crippen LogP contribution >= 0.6 is 0 Å². The molecule has 7 heteroatoms. The summed E-state index contributed by atoms with van der Waals surface area (Å²) in [7, 11) is -3.94. The molecule has 20 heavy (non-hydrogen) atoms. The van der Waals surface area contributed by atoms with Crippen LogP contribution in [0, 0.1) is 18.2 Å². The Kier molecular flexibility index (Phi) is 5.25. The van der Waals surface area contributed by atoms with Crippen molar-refractivity contribution in [3.8, 4) is 12.3 Å². The SMILES string of the molecule is C#CCN(CCC)S(=O)(=O)c1ccc(F)c(C(=O)O)c1. The second kappa shape index (κ2) is 6.50. The van der Waals surface area contributed by atoms with E-state index in [1.165, 1.54) is 0 Å². The predicted octanol–water partition coefficient (Wildman–Crippen LogP) is 1.56. The van der Waals surface area contributed by atoms with Crippen LogP contribution in [-0.4, -0.2) is 36.9 Å². The molecule has 0 saturated carbocycles. The Hall–Kier alpha value is -1.91. The van der Waals surface area contributed by atoms with Gasteiger partial charge in [-0.1, -0.05) is 12.8 Å². The molecule has 0 unspecified atom stereocenters. The molecule has 1 rings (SSSR count). The Labute approximate surface area is 117 Å². The van der Waals surface area contributed by atoms with Gasteiger partial charge in [0.25, 0.3) is 0 Å². The molecule has 1 aromatic rings. The van der Waals surface area contributed by atoms with Gasteiger partial charge in [0.2, 0.25) is 10.0 Å². The maximum atomic E-state index is 13.3. The Balaban J connectivity index is 3.31. The number of hydrogen-bond donors (Lipinski definition) is 1. The van der Waals surface area contributed by atoms with Crippen LogP contribution in [0.25, 0.3) is 0 Å². The summed E-state index contributed by atoms with van der Waals surface area (Å²) in [6.07, 6.45) is 5.68. The summed E-state index contributed by atoms with van der Waals surface area (Å²) in [5.41, 5.74) is -0.691. The van der Waals surface area contributed by atoms with Crippen molar-refractivity contribution in [1.29, 1.82) is 0 Å². The maximum absolute atomic E-state index is 13.3. The average molecular weight is 299 g/mol. The lowest BCUT2D eigenvalue weighted by atomic mass is 10.2. The number of sulfonamides is 1. The van der Waals surface area contributed by atoms with Crippen molar-refractivity contribution in [2.24, 2.45) is 0 Å². The van der Waals surface area contributed by atoms with Crippen molar-refractivity contribution in [1.82, 2.24) is 4.31 Å². The van der Waals surface area contributed by atoms with Gasteiger partial charge in [0.1, 0.15) is 5.82 Å². The minimum atomic E-state index is -3.94. The second-order valence-electron chi connectivity index (χ2n) is 3.99. The van der Waals surface area contributed by atoms with Crippen molar-refractivity contribution < 1.29 is 22.7 Å². The highest BCUT2D eigenvalue weighted by Crippen LogP contribution is 2.19. The largest absolute Gasteiger partial charge is 0.478 e. The standard InChI is InChI=1S/C13H14FNO4S/c1-3-7-15(8-4-2)20(18,19)10-5-6-12(14)11(9-10)13(16)17/h1,5-6,9H,4,7-8H2,2H3,(H,16,17). The molecule has 0 spiro atoms. The third-order valence-corrected chi connectivity index (χ3v) is 4.39. The van der Waals surface area contributed by atoms with E-state index in [9.17, 15) is 17.6 Å². The number of carboxylic acid groups (broad SMARTS) is 1. The van der Waals surface area contributed by atoms with Gasteiger partial charge in [-0.25, -0.2) is 17.6 Å². The molecule has 0 aliphatic rings. The molecule has 0 aliphatic carbocycles. The van der Waals surface area contributed by atoms with Crippen molar-refractivity contribution in [2.75, 3.05) is 13.1 Å². The highest BCUT2D eigenvalue weighted by Gasteiger charge is 2.25. The van der Waals surface area contributed by atoms with E-state index in [4.69, 9.17) is 11.5 Å². The number of hydrogen-bond acceptors (Lipinski definition) is 3. The molecule has 0 radical (unpaired) electrons. The van der Waals surface area contributed by atoms with Gasteiger partial charge in [-0.15, -0.1) is 6.42 Å². The highest BCUT2D eigenvalue weighted by molar-refractivity contribution is 7.89. The molecule has 0 heterocycles. The van der Waals surface area contributed by atoms with Crippen LogP contribution in [0.2, 0.25) is 0 Å². The number of benzene rings is 1. The summed E-state index contributed by atoms with van der Waals surface area (Å²) in [5, 5.41) is 8.82. The van der Waals surface area contributed by atoms with E-state index < -0.39 is 27.4 Å². The summed E-state index contributed by atoms with van der Waals surface area (Å²) in [5.74, 6) is -0.286. The first-order valence-electron chi connectivity index (χ1n) is 5.81. The van der Waals surface area contributed by atoms with Crippen molar-refractivity contribution >= 4 is 16.0 Å². The molecule has 0 atom stereocenters. The molecule has 0 aliphatic heterocycles. The molecular weight excluding hydrogens is 285 g/mol. The van der Waals surface area contributed by atoms with Crippen LogP contribution in [0.15, 0.2) is 23.1 Å². The van der Waals surface area contributed by atoms with Crippen LogP contribution in [0.3, 0.4) is 0 Å². The molecule has 1 N–H and O–H groups in total. The van der Waals surface area contributed by atoms with E-state index in [0.717, 1.165) is 22.5 Å². The lowest BCUT2D eigenvalue weighted by molar-refractivity contribution is 0.0691. The second-order valence-corrected chi connectivity index (χ2v) is 5.93. The number of carboxylic acids is 1. The Morgan fingerprint density at radius 1 is 1.50 bits per heavy atom. The molecule has 0 amide bonds. The topological polar surface area (TPSA) is 74.7 Å². The fraction of sp³-hybridized carbons (Fsp3) is 0.308. The van der Waals surface area contributed by atoms with Crippen LogP contribution in [-0.2, 0) is 10.0 Å². The number of carbonyl (C=O) groups is 1. The number of nitrogens with zero attached hydrogens (tertiary/aromatic N) is 1. The molecule has 0 fully saturated rings. The summed E-state index contributed by atoms with van der Waals surface area (Å²) in [6, 6.07) is 2.64.